The largest absolute Gasteiger partial charge is 0.462 e. The molecule has 0 unspecified atom stereocenters. The predicted octanol–water partition coefficient (Wildman–Crippen LogP) is 11.2. The summed E-state index contributed by atoms with van der Waals surface area (Å²) in [5.74, 6) is -0.581. The summed E-state index contributed by atoms with van der Waals surface area (Å²) in [5, 5.41) is 9.49. The van der Waals surface area contributed by atoms with Crippen molar-refractivity contribution in [1.82, 2.24) is 0 Å². The molecule has 0 radical (unpaired) electrons. The highest BCUT2D eigenvalue weighted by molar-refractivity contribution is 5.70. The fourth-order valence-electron chi connectivity index (χ4n) is 5.55. The molecule has 5 nitrogen and oxygen atoms in total. The van der Waals surface area contributed by atoms with Crippen molar-refractivity contribution in [3.63, 3.8) is 0 Å². The van der Waals surface area contributed by atoms with Crippen LogP contribution >= 0.6 is 0 Å². The van der Waals surface area contributed by atoms with Crippen molar-refractivity contribution < 1.29 is 24.2 Å². The molecular formula is C37H72O5. The molecule has 0 aliphatic rings. The number of hydrogen-bond donors (Lipinski definition) is 1. The van der Waals surface area contributed by atoms with Gasteiger partial charge < -0.3 is 14.6 Å². The molecule has 1 atom stereocenters. The molecule has 250 valence electrons. The van der Waals surface area contributed by atoms with Crippen LogP contribution in [0.15, 0.2) is 0 Å². The van der Waals surface area contributed by atoms with Gasteiger partial charge in [0.2, 0.25) is 0 Å². The maximum atomic E-state index is 12.1. The fourth-order valence-corrected chi connectivity index (χ4v) is 5.55. The molecule has 0 rings (SSSR count). The van der Waals surface area contributed by atoms with Crippen molar-refractivity contribution in [2.24, 2.45) is 0 Å². The number of carbonyl (C=O) groups excluding carboxylic acids is 2. The molecule has 5 heteroatoms. The molecule has 0 aliphatic heterocycles. The van der Waals surface area contributed by atoms with E-state index >= 15 is 0 Å². The van der Waals surface area contributed by atoms with Crippen molar-refractivity contribution >= 4 is 11.9 Å². The van der Waals surface area contributed by atoms with Crippen molar-refractivity contribution in [1.29, 1.82) is 0 Å². The lowest BCUT2D eigenvalue weighted by Crippen LogP contribution is -2.28. The van der Waals surface area contributed by atoms with E-state index in [0.717, 1.165) is 32.1 Å². The Hall–Kier alpha value is -1.10. The van der Waals surface area contributed by atoms with Gasteiger partial charge in [-0.25, -0.2) is 0 Å². The molecule has 0 aromatic heterocycles. The normalized spacial score (nSPS) is 12.0. The summed E-state index contributed by atoms with van der Waals surface area (Å²) in [5.41, 5.74) is 0. The first-order valence-electron chi connectivity index (χ1n) is 18.6. The van der Waals surface area contributed by atoms with Crippen LogP contribution in [-0.4, -0.2) is 36.4 Å². The second-order valence-electron chi connectivity index (χ2n) is 12.7. The van der Waals surface area contributed by atoms with Gasteiger partial charge in [-0.2, -0.15) is 0 Å². The highest BCUT2D eigenvalue weighted by Gasteiger charge is 2.16. The van der Waals surface area contributed by atoms with E-state index in [1.807, 2.05) is 0 Å². The third-order valence-corrected chi connectivity index (χ3v) is 8.40. The zero-order chi connectivity index (χ0) is 30.8. The average Bonchev–Trinajstić information content (AvgIpc) is 2.99. The van der Waals surface area contributed by atoms with Gasteiger partial charge in [0.05, 0.1) is 6.61 Å². The van der Waals surface area contributed by atoms with Crippen LogP contribution in [0.5, 0.6) is 0 Å². The first-order chi connectivity index (χ1) is 20.6. The highest BCUT2D eigenvalue weighted by atomic mass is 16.6. The van der Waals surface area contributed by atoms with Crippen molar-refractivity contribution in [2.45, 2.75) is 213 Å². The second-order valence-corrected chi connectivity index (χ2v) is 12.7. The smallest absolute Gasteiger partial charge is 0.306 e. The Bertz CT molecular complexity index is 564. The number of aliphatic hydroxyl groups is 1. The Labute approximate surface area is 261 Å². The Morgan fingerprint density at radius 3 is 1.05 bits per heavy atom. The molecule has 0 aromatic rings. The van der Waals surface area contributed by atoms with E-state index in [1.165, 1.54) is 148 Å². The molecule has 0 saturated carbocycles. The number of esters is 2. The standard InChI is InChI=1S/C37H72O5/c1-3-5-7-9-11-13-14-15-16-17-18-19-20-21-22-24-25-27-29-31-36(39)41-34-35(33-38)42-37(40)32-30-28-26-23-12-10-8-6-4-2/h35,38H,3-34H2,1-2H3/t35-/m0/s1. The first kappa shape index (κ1) is 40.9. The molecule has 0 amide bonds. The molecule has 0 aromatic carbocycles. The summed E-state index contributed by atoms with van der Waals surface area (Å²) in [6.45, 7) is 4.13. The van der Waals surface area contributed by atoms with Gasteiger partial charge in [0.1, 0.15) is 6.61 Å². The number of aliphatic hydroxyl groups excluding tert-OH is 1. The van der Waals surface area contributed by atoms with Crippen molar-refractivity contribution in [2.75, 3.05) is 13.2 Å². The van der Waals surface area contributed by atoms with E-state index in [9.17, 15) is 14.7 Å². The molecule has 0 bridgehead atoms. The van der Waals surface area contributed by atoms with E-state index in [4.69, 9.17) is 9.47 Å². The average molecular weight is 597 g/mol. The van der Waals surface area contributed by atoms with Gasteiger partial charge in [0, 0.05) is 12.8 Å². The summed E-state index contributed by atoms with van der Waals surface area (Å²) in [6.07, 6.45) is 36.0. The van der Waals surface area contributed by atoms with E-state index in [-0.39, 0.29) is 25.2 Å². The van der Waals surface area contributed by atoms with Gasteiger partial charge in [-0.3, -0.25) is 9.59 Å². The third kappa shape index (κ3) is 31.8. The van der Waals surface area contributed by atoms with Crippen LogP contribution in [0.25, 0.3) is 0 Å². The Morgan fingerprint density at radius 1 is 0.452 bits per heavy atom. The Balaban J connectivity index is 3.46. The summed E-state index contributed by atoms with van der Waals surface area (Å²) in [6, 6.07) is 0. The minimum absolute atomic E-state index is 0.0576. The number of carbonyl (C=O) groups is 2. The summed E-state index contributed by atoms with van der Waals surface area (Å²) >= 11 is 0. The molecule has 42 heavy (non-hydrogen) atoms. The molecular weight excluding hydrogens is 524 g/mol. The van der Waals surface area contributed by atoms with Crippen LogP contribution in [0.4, 0.5) is 0 Å². The lowest BCUT2D eigenvalue weighted by molar-refractivity contribution is -0.161. The maximum absolute atomic E-state index is 12.1. The van der Waals surface area contributed by atoms with Gasteiger partial charge in [-0.05, 0) is 12.8 Å². The van der Waals surface area contributed by atoms with E-state index < -0.39 is 6.10 Å². The van der Waals surface area contributed by atoms with Crippen LogP contribution in [-0.2, 0) is 19.1 Å². The second kappa shape index (κ2) is 34.4. The van der Waals surface area contributed by atoms with Crippen molar-refractivity contribution in [3.05, 3.63) is 0 Å². The van der Waals surface area contributed by atoms with Crippen molar-refractivity contribution in [3.8, 4) is 0 Å². The fraction of sp³-hybridized carbons (Fsp3) is 0.946. The minimum atomic E-state index is -0.759. The Kier molecular flexibility index (Phi) is 33.5. The molecule has 0 fully saturated rings. The highest BCUT2D eigenvalue weighted by Crippen LogP contribution is 2.15. The third-order valence-electron chi connectivity index (χ3n) is 8.40. The Morgan fingerprint density at radius 2 is 0.738 bits per heavy atom. The SMILES string of the molecule is CCCCCCCCCCCCCCCCCCCCCC(=O)OC[C@H](CO)OC(=O)CCCCCCCCCCC. The summed E-state index contributed by atoms with van der Waals surface area (Å²) in [4.78, 5) is 24.1. The summed E-state index contributed by atoms with van der Waals surface area (Å²) in [7, 11) is 0. The lowest BCUT2D eigenvalue weighted by atomic mass is 10.0. The monoisotopic (exact) mass is 597 g/mol. The quantitative estimate of drug-likeness (QED) is 0.0591. The predicted molar refractivity (Wildman–Crippen MR) is 178 cm³/mol. The van der Waals surface area contributed by atoms with Gasteiger partial charge in [0.15, 0.2) is 6.10 Å². The lowest BCUT2D eigenvalue weighted by Gasteiger charge is -2.15. The van der Waals surface area contributed by atoms with Crippen LogP contribution in [0.1, 0.15) is 206 Å². The minimum Gasteiger partial charge on any atom is -0.462 e. The zero-order valence-corrected chi connectivity index (χ0v) is 28.3. The molecule has 0 aliphatic carbocycles. The van der Waals surface area contributed by atoms with E-state index in [1.54, 1.807) is 0 Å². The van der Waals surface area contributed by atoms with Gasteiger partial charge in [-0.1, -0.05) is 181 Å². The maximum Gasteiger partial charge on any atom is 0.306 e. The molecule has 1 N–H and O–H groups in total. The van der Waals surface area contributed by atoms with Crippen LogP contribution < -0.4 is 0 Å². The molecule has 0 heterocycles. The first-order valence-corrected chi connectivity index (χ1v) is 18.6. The zero-order valence-electron chi connectivity index (χ0n) is 28.3. The topological polar surface area (TPSA) is 72.8 Å². The van der Waals surface area contributed by atoms with Crippen LogP contribution in [0, 0.1) is 0 Å². The summed E-state index contributed by atoms with van der Waals surface area (Å²) < 4.78 is 10.6. The molecule has 0 spiro atoms. The number of unbranched alkanes of at least 4 members (excludes halogenated alkanes) is 26. The van der Waals surface area contributed by atoms with Gasteiger partial charge in [0.25, 0.3) is 0 Å². The number of ether oxygens (including phenoxy) is 2. The van der Waals surface area contributed by atoms with E-state index in [0.29, 0.717) is 12.8 Å². The van der Waals surface area contributed by atoms with Crippen LogP contribution in [0.3, 0.4) is 0 Å². The molecule has 0 saturated heterocycles. The number of rotatable bonds is 34. The van der Waals surface area contributed by atoms with E-state index in [2.05, 4.69) is 13.8 Å². The van der Waals surface area contributed by atoms with Gasteiger partial charge >= 0.3 is 11.9 Å². The number of hydrogen-bond acceptors (Lipinski definition) is 5. The van der Waals surface area contributed by atoms with Gasteiger partial charge in [-0.15, -0.1) is 0 Å². The van der Waals surface area contributed by atoms with Crippen LogP contribution in [0.2, 0.25) is 0 Å².